The molecule has 0 aromatic carbocycles. The standard InChI is InChI=1S/C13H16N2O3S/c1-4-5-6-15-12(17)9-7(2)10(8(3)16)19-11(9)14-13(15)18/h4-6H2,1-3H3,(H,14,18). The van der Waals surface area contributed by atoms with Crippen LogP contribution >= 0.6 is 11.3 Å². The van der Waals surface area contributed by atoms with E-state index >= 15 is 0 Å². The SMILES string of the molecule is CCCCn1c(=O)[nH]c2sc(C(C)=O)c(C)c2c1=O. The van der Waals surface area contributed by atoms with Crippen molar-refractivity contribution >= 4 is 27.3 Å². The average molecular weight is 280 g/mol. The average Bonchev–Trinajstić information content (AvgIpc) is 2.66. The number of fused-ring (bicyclic) bond motifs is 1. The number of aromatic nitrogens is 2. The third-order valence-corrected chi connectivity index (χ3v) is 4.43. The normalized spacial score (nSPS) is 11.1. The van der Waals surface area contributed by atoms with Gasteiger partial charge in [-0.25, -0.2) is 4.79 Å². The summed E-state index contributed by atoms with van der Waals surface area (Å²) in [4.78, 5) is 39.5. The lowest BCUT2D eigenvalue weighted by Gasteiger charge is -2.03. The number of Topliss-reactive ketones (excluding diaryl/α,β-unsaturated/α-hetero) is 1. The van der Waals surface area contributed by atoms with Crippen molar-refractivity contribution in [2.75, 3.05) is 0 Å². The van der Waals surface area contributed by atoms with Gasteiger partial charge >= 0.3 is 5.69 Å². The van der Waals surface area contributed by atoms with Gasteiger partial charge in [0, 0.05) is 6.54 Å². The van der Waals surface area contributed by atoms with E-state index in [1.165, 1.54) is 22.8 Å². The summed E-state index contributed by atoms with van der Waals surface area (Å²) in [6.45, 7) is 5.62. The van der Waals surface area contributed by atoms with Crippen LogP contribution in [0.1, 0.15) is 41.9 Å². The van der Waals surface area contributed by atoms with Crippen LogP contribution in [0.3, 0.4) is 0 Å². The number of unbranched alkanes of at least 4 members (excludes halogenated alkanes) is 1. The molecule has 0 radical (unpaired) electrons. The highest BCUT2D eigenvalue weighted by Crippen LogP contribution is 2.26. The highest BCUT2D eigenvalue weighted by atomic mass is 32.1. The Morgan fingerprint density at radius 2 is 2.05 bits per heavy atom. The maximum Gasteiger partial charge on any atom is 0.329 e. The van der Waals surface area contributed by atoms with E-state index in [0.29, 0.717) is 27.2 Å². The van der Waals surface area contributed by atoms with E-state index in [1.54, 1.807) is 6.92 Å². The minimum absolute atomic E-state index is 0.0842. The molecule has 0 saturated heterocycles. The molecule has 6 heteroatoms. The largest absolute Gasteiger partial charge is 0.329 e. The lowest BCUT2D eigenvalue weighted by atomic mass is 10.2. The molecule has 0 bridgehead atoms. The number of nitrogens with one attached hydrogen (secondary N) is 1. The van der Waals surface area contributed by atoms with Crippen molar-refractivity contribution in [3.8, 4) is 0 Å². The molecule has 0 aliphatic rings. The fourth-order valence-electron chi connectivity index (χ4n) is 2.11. The number of hydrogen-bond donors (Lipinski definition) is 1. The molecule has 2 rings (SSSR count). The Bertz CT molecular complexity index is 752. The van der Waals surface area contributed by atoms with Gasteiger partial charge in [-0.1, -0.05) is 13.3 Å². The van der Waals surface area contributed by atoms with Crippen molar-refractivity contribution in [1.29, 1.82) is 0 Å². The summed E-state index contributed by atoms with van der Waals surface area (Å²) in [5, 5.41) is 0.464. The second-order valence-corrected chi connectivity index (χ2v) is 5.58. The number of hydrogen-bond acceptors (Lipinski definition) is 4. The van der Waals surface area contributed by atoms with Crippen LogP contribution in [0, 0.1) is 6.92 Å². The van der Waals surface area contributed by atoms with Gasteiger partial charge < -0.3 is 0 Å². The van der Waals surface area contributed by atoms with E-state index in [-0.39, 0.29) is 11.3 Å². The van der Waals surface area contributed by atoms with E-state index in [9.17, 15) is 14.4 Å². The zero-order valence-corrected chi connectivity index (χ0v) is 12.0. The minimum atomic E-state index is -0.401. The third-order valence-electron chi connectivity index (χ3n) is 3.13. The third kappa shape index (κ3) is 2.28. The number of H-pyrrole nitrogens is 1. The number of nitrogens with zero attached hydrogens (tertiary/aromatic N) is 1. The van der Waals surface area contributed by atoms with Gasteiger partial charge in [-0.15, -0.1) is 11.3 Å². The van der Waals surface area contributed by atoms with Crippen LogP contribution < -0.4 is 11.2 Å². The smallest absolute Gasteiger partial charge is 0.298 e. The molecule has 2 heterocycles. The Labute approximate surface area is 113 Å². The van der Waals surface area contributed by atoms with Crippen LogP contribution in [0.15, 0.2) is 9.59 Å². The Kier molecular flexibility index (Phi) is 3.71. The molecule has 0 aliphatic carbocycles. The first-order valence-corrected chi connectivity index (χ1v) is 7.06. The minimum Gasteiger partial charge on any atom is -0.298 e. The van der Waals surface area contributed by atoms with Crippen molar-refractivity contribution in [3.63, 3.8) is 0 Å². The monoisotopic (exact) mass is 280 g/mol. The van der Waals surface area contributed by atoms with Gasteiger partial charge in [-0.2, -0.15) is 0 Å². The van der Waals surface area contributed by atoms with Gasteiger partial charge in [0.2, 0.25) is 0 Å². The van der Waals surface area contributed by atoms with Crippen LogP contribution in [-0.4, -0.2) is 15.3 Å². The van der Waals surface area contributed by atoms with Crippen molar-refractivity contribution in [2.45, 2.75) is 40.2 Å². The zero-order chi connectivity index (χ0) is 14.2. The van der Waals surface area contributed by atoms with E-state index < -0.39 is 5.69 Å². The van der Waals surface area contributed by atoms with E-state index in [4.69, 9.17) is 0 Å². The molecule has 0 aliphatic heterocycles. The van der Waals surface area contributed by atoms with Gasteiger partial charge in [0.1, 0.15) is 4.83 Å². The van der Waals surface area contributed by atoms with Gasteiger partial charge in [-0.3, -0.25) is 19.1 Å². The van der Waals surface area contributed by atoms with E-state index in [2.05, 4.69) is 4.98 Å². The summed E-state index contributed by atoms with van der Waals surface area (Å²) in [6, 6.07) is 0. The molecule has 0 fully saturated rings. The first kappa shape index (κ1) is 13.7. The molecule has 1 N–H and O–H groups in total. The summed E-state index contributed by atoms with van der Waals surface area (Å²) < 4.78 is 1.22. The Morgan fingerprint density at radius 3 is 2.63 bits per heavy atom. The maximum atomic E-state index is 12.4. The first-order chi connectivity index (χ1) is 8.97. The predicted molar refractivity (Wildman–Crippen MR) is 76.4 cm³/mol. The Balaban J connectivity index is 2.76. The number of rotatable bonds is 4. The fourth-order valence-corrected chi connectivity index (χ4v) is 3.19. The number of aryl methyl sites for hydroxylation is 1. The zero-order valence-electron chi connectivity index (χ0n) is 11.2. The summed E-state index contributed by atoms with van der Waals surface area (Å²) in [6.07, 6.45) is 1.68. The van der Waals surface area contributed by atoms with Crippen molar-refractivity contribution < 1.29 is 4.79 Å². The highest BCUT2D eigenvalue weighted by Gasteiger charge is 2.17. The summed E-state index contributed by atoms with van der Waals surface area (Å²) in [5.74, 6) is -0.0842. The van der Waals surface area contributed by atoms with E-state index in [1.807, 2.05) is 6.92 Å². The van der Waals surface area contributed by atoms with E-state index in [0.717, 1.165) is 12.8 Å². The topological polar surface area (TPSA) is 71.9 Å². The molecule has 2 aromatic heterocycles. The number of aromatic amines is 1. The van der Waals surface area contributed by atoms with Crippen LogP contribution in [0.2, 0.25) is 0 Å². The van der Waals surface area contributed by atoms with Crippen LogP contribution in [0.4, 0.5) is 0 Å². The number of thiophene rings is 1. The van der Waals surface area contributed by atoms with Gasteiger partial charge in [0.05, 0.1) is 10.3 Å². The second kappa shape index (κ2) is 5.13. The Morgan fingerprint density at radius 1 is 1.37 bits per heavy atom. The molecule has 0 amide bonds. The van der Waals surface area contributed by atoms with Crippen molar-refractivity contribution in [3.05, 3.63) is 31.3 Å². The molecule has 0 unspecified atom stereocenters. The molecule has 19 heavy (non-hydrogen) atoms. The van der Waals surface area contributed by atoms with Crippen LogP contribution in [0.25, 0.3) is 10.2 Å². The molecule has 0 spiro atoms. The molecule has 102 valence electrons. The molecule has 0 saturated carbocycles. The van der Waals surface area contributed by atoms with Crippen LogP contribution in [-0.2, 0) is 6.54 Å². The Hall–Kier alpha value is -1.69. The highest BCUT2D eigenvalue weighted by molar-refractivity contribution is 7.20. The summed E-state index contributed by atoms with van der Waals surface area (Å²) >= 11 is 1.17. The van der Waals surface area contributed by atoms with Crippen LogP contribution in [0.5, 0.6) is 0 Å². The lowest BCUT2D eigenvalue weighted by molar-refractivity contribution is 0.102. The number of carbonyl (C=O) groups is 1. The second-order valence-electron chi connectivity index (χ2n) is 4.56. The maximum absolute atomic E-state index is 12.4. The van der Waals surface area contributed by atoms with Gasteiger partial charge in [-0.05, 0) is 25.8 Å². The van der Waals surface area contributed by atoms with Crippen molar-refractivity contribution in [2.24, 2.45) is 0 Å². The molecular formula is C13H16N2O3S. The molecule has 2 aromatic rings. The quantitative estimate of drug-likeness (QED) is 0.871. The molecule has 0 atom stereocenters. The summed E-state index contributed by atoms with van der Waals surface area (Å²) in [5.41, 5.74) is -0.0326. The van der Waals surface area contributed by atoms with Gasteiger partial charge in [0.15, 0.2) is 5.78 Å². The lowest BCUT2D eigenvalue weighted by Crippen LogP contribution is -2.34. The summed E-state index contributed by atoms with van der Waals surface area (Å²) in [7, 11) is 0. The first-order valence-electron chi connectivity index (χ1n) is 6.24. The molecular weight excluding hydrogens is 264 g/mol. The number of ketones is 1. The van der Waals surface area contributed by atoms with Gasteiger partial charge in [0.25, 0.3) is 5.56 Å². The van der Waals surface area contributed by atoms with Crippen molar-refractivity contribution in [1.82, 2.24) is 9.55 Å². The fraction of sp³-hybridized carbons (Fsp3) is 0.462. The number of carbonyl (C=O) groups excluding carboxylic acids is 1. The predicted octanol–water partition coefficient (Wildman–Crippen LogP) is 2.06. The molecule has 5 nitrogen and oxygen atoms in total.